The molecule has 0 amide bonds. The summed E-state index contributed by atoms with van der Waals surface area (Å²) in [7, 11) is -3.97. The average Bonchev–Trinajstić information content (AvgIpc) is 0.722. The Kier molecular flexibility index (Phi) is 216. The van der Waals surface area contributed by atoms with E-state index in [4.69, 9.17) is 13.0 Å². The van der Waals surface area contributed by atoms with E-state index in [2.05, 4.69) is 11.7 Å². The Hall–Kier alpha value is 2.54. The van der Waals surface area contributed by atoms with Crippen molar-refractivity contribution in [3.05, 3.63) is 0 Å². The molecule has 13 heavy (non-hydrogen) atoms. The van der Waals surface area contributed by atoms with Crippen molar-refractivity contribution in [2.24, 2.45) is 0 Å². The van der Waals surface area contributed by atoms with Crippen LogP contribution in [0.4, 0.5) is 0 Å². The molecule has 0 aromatic carbocycles. The molecule has 0 saturated heterocycles. The first-order valence-electron chi connectivity index (χ1n) is 0.698. The summed E-state index contributed by atoms with van der Waals surface area (Å²) >= 11 is 2.65. The van der Waals surface area contributed by atoms with Crippen LogP contribution in [0.15, 0.2) is 0 Å². The molecule has 8 nitrogen and oxygen atoms in total. The summed E-state index contributed by atoms with van der Waals surface area (Å²) in [5.41, 5.74) is 0. The number of halogens is 1. The zero-order chi connectivity index (χ0) is 4.50. The maximum absolute atomic E-state index is 9.05. The van der Waals surface area contributed by atoms with Crippen LogP contribution in [0.5, 0.6) is 0 Å². The zero-order valence-electron chi connectivity index (χ0n) is 5.03. The van der Waals surface area contributed by atoms with Crippen LogP contribution in [-0.4, -0.2) is 99.5 Å². The van der Waals surface area contributed by atoms with Crippen LogP contribution < -0.4 is 0 Å². The molecule has 0 aromatic rings. The molecule has 13 heteroatoms. The van der Waals surface area contributed by atoms with Gasteiger partial charge >= 0.3 is 68.3 Å². The van der Waals surface area contributed by atoms with E-state index < -0.39 is 9.15 Å². The maximum atomic E-state index is 9.05. The van der Waals surface area contributed by atoms with Gasteiger partial charge in [0.2, 0.25) is 0 Å². The second-order valence-electron chi connectivity index (χ2n) is 0.448. The first kappa shape index (κ1) is 76.8. The van der Waals surface area contributed by atoms with Crippen LogP contribution in [0.3, 0.4) is 0 Å². The fourth-order valence-corrected chi connectivity index (χ4v) is 0. The molecular formula is H15BrNa2O8S2. The third-order valence-electron chi connectivity index (χ3n) is 0. The van der Waals surface area contributed by atoms with Gasteiger partial charge in [0.05, 0.1) is 0 Å². The molecule has 0 saturated carbocycles. The molecular weight excluding hydrogens is 318 g/mol. The number of hydrogen-bond donors (Lipinski definition) is 2. The molecule has 0 fully saturated rings. The van der Waals surface area contributed by atoms with Crippen LogP contribution in [0.2, 0.25) is 0 Å². The zero-order valence-corrected chi connectivity index (χ0v) is 8.45. The molecule has 0 rings (SSSR count). The van der Waals surface area contributed by atoms with Crippen molar-refractivity contribution >= 4 is 96.9 Å². The third kappa shape index (κ3) is 354. The van der Waals surface area contributed by atoms with Crippen molar-refractivity contribution in [1.29, 1.82) is 0 Å². The van der Waals surface area contributed by atoms with Crippen molar-refractivity contribution in [2.75, 3.05) is 0 Å². The Morgan fingerprint density at radius 3 is 0.846 bits per heavy atom. The van der Waals surface area contributed by atoms with Gasteiger partial charge in [0.15, 0.2) is 0 Å². The standard InChI is InChI=1S/BrH.2Na.H2O3S2.5H2O.2H/c;;;1-5(2,3)4;;;;;;;/h1H;;;(H2,1,2,3,4);5*1H2;;. The first-order valence-corrected chi connectivity index (χ1v) is 3.19. The van der Waals surface area contributed by atoms with Gasteiger partial charge in [-0.05, 0) is 11.7 Å². The second kappa shape index (κ2) is 36.5. The molecule has 0 aliphatic rings. The monoisotopic (exact) mass is 332 g/mol. The van der Waals surface area contributed by atoms with Crippen molar-refractivity contribution < 1.29 is 40.4 Å². The van der Waals surface area contributed by atoms with Gasteiger partial charge in [0.25, 0.3) is 0 Å². The summed E-state index contributed by atoms with van der Waals surface area (Å²) < 4.78 is 25.5. The van der Waals surface area contributed by atoms with Gasteiger partial charge in [-0.15, -0.1) is 17.0 Å². The van der Waals surface area contributed by atoms with Crippen LogP contribution in [0, 0.1) is 0 Å². The third-order valence-corrected chi connectivity index (χ3v) is 0. The summed E-state index contributed by atoms with van der Waals surface area (Å²) in [4.78, 5) is 0. The van der Waals surface area contributed by atoms with Crippen LogP contribution >= 0.6 is 28.6 Å². The van der Waals surface area contributed by atoms with Gasteiger partial charge in [-0.1, -0.05) is 0 Å². The van der Waals surface area contributed by atoms with Crippen LogP contribution in [0.1, 0.15) is 0 Å². The fourth-order valence-electron chi connectivity index (χ4n) is 0. The van der Waals surface area contributed by atoms with E-state index in [0.717, 1.165) is 0 Å². The van der Waals surface area contributed by atoms with Crippen LogP contribution in [-0.2, 0) is 9.15 Å². The molecule has 0 bridgehead atoms. The molecule has 0 unspecified atom stereocenters. The van der Waals surface area contributed by atoms with E-state index >= 15 is 0 Å². The number of thiol groups is 1. The number of rotatable bonds is 0. The average molecular weight is 333 g/mol. The number of hydrogen-bond acceptors (Lipinski definition) is 2. The molecule has 0 spiro atoms. The van der Waals surface area contributed by atoms with Gasteiger partial charge < -0.3 is 27.4 Å². The summed E-state index contributed by atoms with van der Waals surface area (Å²) in [6, 6.07) is 0. The van der Waals surface area contributed by atoms with Crippen molar-refractivity contribution in [3.63, 3.8) is 0 Å². The Bertz CT molecular complexity index is 103. The molecule has 0 heterocycles. The van der Waals surface area contributed by atoms with Crippen molar-refractivity contribution in [3.8, 4) is 0 Å². The SMILES string of the molecule is Br.O.O.O.O.O.O=S(=O)(O)S.[NaH].[NaH]. The van der Waals surface area contributed by atoms with Gasteiger partial charge in [-0.2, -0.15) is 8.42 Å². The first-order chi connectivity index (χ1) is 2.00. The van der Waals surface area contributed by atoms with E-state index in [1.165, 1.54) is 0 Å². The van der Waals surface area contributed by atoms with Gasteiger partial charge in [-0.3, -0.25) is 4.55 Å². The molecule has 0 aliphatic carbocycles. The predicted octanol–water partition coefficient (Wildman–Crippen LogP) is -5.12. The normalized spacial score (nSPS) is 4.46. The summed E-state index contributed by atoms with van der Waals surface area (Å²) in [5.74, 6) is 0. The van der Waals surface area contributed by atoms with E-state index in [9.17, 15) is 0 Å². The topological polar surface area (TPSA) is 212 Å². The Labute approximate surface area is 135 Å². The van der Waals surface area contributed by atoms with Crippen molar-refractivity contribution in [2.45, 2.75) is 0 Å². The molecule has 0 aliphatic heterocycles. The molecule has 84 valence electrons. The van der Waals surface area contributed by atoms with E-state index in [1.807, 2.05) is 0 Å². The summed E-state index contributed by atoms with van der Waals surface area (Å²) in [5, 5.41) is 0. The van der Waals surface area contributed by atoms with E-state index in [0.29, 0.717) is 0 Å². The van der Waals surface area contributed by atoms with Crippen molar-refractivity contribution in [1.82, 2.24) is 0 Å². The molecule has 0 atom stereocenters. The molecule has 0 radical (unpaired) electrons. The van der Waals surface area contributed by atoms with Gasteiger partial charge in [-0.25, -0.2) is 0 Å². The molecule has 0 aromatic heterocycles. The quantitative estimate of drug-likeness (QED) is 0.193. The van der Waals surface area contributed by atoms with Crippen LogP contribution in [0.25, 0.3) is 0 Å². The predicted molar refractivity (Wildman–Crippen MR) is 63.2 cm³/mol. The Morgan fingerprint density at radius 1 is 0.846 bits per heavy atom. The van der Waals surface area contributed by atoms with Gasteiger partial charge in [0.1, 0.15) is 0 Å². The Morgan fingerprint density at radius 2 is 0.846 bits per heavy atom. The summed E-state index contributed by atoms with van der Waals surface area (Å²) in [6.45, 7) is 0. The summed E-state index contributed by atoms with van der Waals surface area (Å²) in [6.07, 6.45) is 0. The minimum atomic E-state index is -3.97. The minimum absolute atomic E-state index is 0. The van der Waals surface area contributed by atoms with Gasteiger partial charge in [0, 0.05) is 0 Å². The second-order valence-corrected chi connectivity index (χ2v) is 2.73. The molecule has 11 N–H and O–H groups in total. The van der Waals surface area contributed by atoms with E-state index in [1.54, 1.807) is 0 Å². The Balaban J connectivity index is -0.00000000286. The fraction of sp³-hybridized carbons (Fsp3) is 0. The van der Waals surface area contributed by atoms with E-state index in [-0.39, 0.29) is 103 Å².